The lowest BCUT2D eigenvalue weighted by molar-refractivity contribution is -0.161. The molecule has 2 fully saturated rings. The molecule has 2 heterocycles. The standard InChI is InChI=1S/C18H23NO2.ClH/c1-3-12-19-16-10-7-11-17(19)18(13-16,21-14(2)20)15-8-5-4-6-9-15;/h3-6,8-9,16-17H,1,7,10-13H2,2H3;1H. The molecule has 3 atom stereocenters. The summed E-state index contributed by atoms with van der Waals surface area (Å²) in [6.07, 6.45) is 6.32. The molecular weight excluding hydrogens is 298 g/mol. The number of hydrogen-bond donors (Lipinski definition) is 0. The number of nitrogens with zero attached hydrogens (tertiary/aromatic N) is 1. The number of esters is 1. The normalized spacial score (nSPS) is 30.4. The maximum atomic E-state index is 11.8. The number of carbonyl (C=O) groups is 1. The van der Waals surface area contributed by atoms with Gasteiger partial charge in [-0.2, -0.15) is 0 Å². The largest absolute Gasteiger partial charge is 0.453 e. The molecule has 2 saturated heterocycles. The number of hydrogen-bond acceptors (Lipinski definition) is 3. The lowest BCUT2D eigenvalue weighted by atomic mass is 9.84. The van der Waals surface area contributed by atoms with E-state index in [1.807, 2.05) is 24.3 Å². The molecule has 3 nitrogen and oxygen atoms in total. The van der Waals surface area contributed by atoms with Gasteiger partial charge < -0.3 is 4.74 Å². The first-order chi connectivity index (χ1) is 10.2. The zero-order chi connectivity index (χ0) is 14.9. The summed E-state index contributed by atoms with van der Waals surface area (Å²) >= 11 is 0. The van der Waals surface area contributed by atoms with E-state index in [2.05, 4.69) is 23.6 Å². The first-order valence-electron chi connectivity index (χ1n) is 7.79. The van der Waals surface area contributed by atoms with Crippen molar-refractivity contribution in [3.05, 3.63) is 48.6 Å². The van der Waals surface area contributed by atoms with Crippen LogP contribution in [0.5, 0.6) is 0 Å². The summed E-state index contributed by atoms with van der Waals surface area (Å²) in [5, 5.41) is 0. The highest BCUT2D eigenvalue weighted by atomic mass is 35.5. The van der Waals surface area contributed by atoms with Crippen LogP contribution in [-0.4, -0.2) is 29.5 Å². The quantitative estimate of drug-likeness (QED) is 0.626. The Morgan fingerprint density at radius 1 is 1.41 bits per heavy atom. The second kappa shape index (κ2) is 6.84. The molecule has 1 aromatic carbocycles. The van der Waals surface area contributed by atoms with Crippen LogP contribution in [0.3, 0.4) is 0 Å². The maximum Gasteiger partial charge on any atom is 0.303 e. The summed E-state index contributed by atoms with van der Waals surface area (Å²) < 4.78 is 5.96. The summed E-state index contributed by atoms with van der Waals surface area (Å²) in [7, 11) is 0. The molecule has 2 aliphatic heterocycles. The molecule has 0 N–H and O–H groups in total. The second-order valence-corrected chi connectivity index (χ2v) is 6.14. The fraction of sp³-hybridized carbons (Fsp3) is 0.500. The summed E-state index contributed by atoms with van der Waals surface area (Å²) in [4.78, 5) is 14.2. The van der Waals surface area contributed by atoms with E-state index in [1.54, 1.807) is 0 Å². The number of piperidine rings is 1. The molecule has 120 valence electrons. The molecule has 3 unspecified atom stereocenters. The van der Waals surface area contributed by atoms with Crippen molar-refractivity contribution in [2.24, 2.45) is 0 Å². The Kier molecular flexibility index (Phi) is 5.30. The molecule has 0 radical (unpaired) electrons. The number of fused-ring (bicyclic) bond motifs is 2. The molecule has 0 aromatic heterocycles. The highest BCUT2D eigenvalue weighted by Crippen LogP contribution is 2.50. The average molecular weight is 322 g/mol. The van der Waals surface area contributed by atoms with Crippen LogP contribution in [0.4, 0.5) is 0 Å². The van der Waals surface area contributed by atoms with Gasteiger partial charge in [-0.1, -0.05) is 42.8 Å². The third kappa shape index (κ3) is 2.80. The monoisotopic (exact) mass is 321 g/mol. The van der Waals surface area contributed by atoms with Gasteiger partial charge in [-0.05, 0) is 18.4 Å². The zero-order valence-electron chi connectivity index (χ0n) is 13.0. The van der Waals surface area contributed by atoms with Crippen LogP contribution >= 0.6 is 12.4 Å². The fourth-order valence-corrected chi connectivity index (χ4v) is 4.22. The van der Waals surface area contributed by atoms with E-state index in [9.17, 15) is 4.79 Å². The van der Waals surface area contributed by atoms with Gasteiger partial charge in [0.2, 0.25) is 0 Å². The van der Waals surface area contributed by atoms with E-state index in [0.717, 1.165) is 24.9 Å². The summed E-state index contributed by atoms with van der Waals surface area (Å²) in [6.45, 7) is 6.27. The van der Waals surface area contributed by atoms with Gasteiger partial charge in [0.25, 0.3) is 0 Å². The van der Waals surface area contributed by atoms with Gasteiger partial charge in [-0.3, -0.25) is 9.69 Å². The zero-order valence-corrected chi connectivity index (χ0v) is 13.8. The van der Waals surface area contributed by atoms with E-state index in [1.165, 1.54) is 19.8 Å². The molecule has 4 heteroatoms. The van der Waals surface area contributed by atoms with Gasteiger partial charge >= 0.3 is 5.97 Å². The van der Waals surface area contributed by atoms with Gasteiger partial charge in [0.1, 0.15) is 0 Å². The molecule has 0 spiro atoms. The van der Waals surface area contributed by atoms with Crippen LogP contribution in [0.2, 0.25) is 0 Å². The molecule has 22 heavy (non-hydrogen) atoms. The first kappa shape index (κ1) is 17.0. The average Bonchev–Trinajstić information content (AvgIpc) is 2.65. The number of carbonyl (C=O) groups excluding carboxylic acids is 1. The smallest absolute Gasteiger partial charge is 0.303 e. The van der Waals surface area contributed by atoms with Crippen LogP contribution in [0, 0.1) is 0 Å². The van der Waals surface area contributed by atoms with E-state index in [0.29, 0.717) is 6.04 Å². The number of ether oxygens (including phenoxy) is 1. The third-order valence-electron chi connectivity index (χ3n) is 4.89. The van der Waals surface area contributed by atoms with E-state index < -0.39 is 5.60 Å². The highest BCUT2D eigenvalue weighted by molar-refractivity contribution is 5.85. The maximum absolute atomic E-state index is 11.8. The molecule has 2 aliphatic rings. The van der Waals surface area contributed by atoms with Crippen molar-refractivity contribution in [2.75, 3.05) is 6.54 Å². The van der Waals surface area contributed by atoms with Crippen molar-refractivity contribution >= 4 is 18.4 Å². The predicted molar refractivity (Wildman–Crippen MR) is 90.1 cm³/mol. The van der Waals surface area contributed by atoms with Crippen molar-refractivity contribution in [3.8, 4) is 0 Å². The van der Waals surface area contributed by atoms with Crippen molar-refractivity contribution in [1.29, 1.82) is 0 Å². The minimum atomic E-state index is -0.489. The van der Waals surface area contributed by atoms with Gasteiger partial charge in [0, 0.05) is 25.9 Å². The van der Waals surface area contributed by atoms with Gasteiger partial charge in [0.15, 0.2) is 5.60 Å². The Morgan fingerprint density at radius 3 is 2.77 bits per heavy atom. The molecule has 3 rings (SSSR count). The summed E-state index contributed by atoms with van der Waals surface area (Å²) in [5.41, 5.74) is 0.640. The van der Waals surface area contributed by atoms with E-state index in [4.69, 9.17) is 4.74 Å². The van der Waals surface area contributed by atoms with Crippen LogP contribution < -0.4 is 0 Å². The topological polar surface area (TPSA) is 29.5 Å². The van der Waals surface area contributed by atoms with Crippen LogP contribution in [0.1, 0.15) is 38.2 Å². The van der Waals surface area contributed by atoms with Crippen LogP contribution in [-0.2, 0) is 15.1 Å². The minimum absolute atomic E-state index is 0. The van der Waals surface area contributed by atoms with Crippen molar-refractivity contribution < 1.29 is 9.53 Å². The predicted octanol–water partition coefficient (Wildman–Crippen LogP) is 3.68. The van der Waals surface area contributed by atoms with Crippen molar-refractivity contribution in [2.45, 2.75) is 50.3 Å². The van der Waals surface area contributed by atoms with Crippen molar-refractivity contribution in [3.63, 3.8) is 0 Å². The van der Waals surface area contributed by atoms with Gasteiger partial charge in [-0.15, -0.1) is 19.0 Å². The van der Waals surface area contributed by atoms with Crippen molar-refractivity contribution in [1.82, 2.24) is 4.90 Å². The Labute approximate surface area is 138 Å². The minimum Gasteiger partial charge on any atom is -0.453 e. The van der Waals surface area contributed by atoms with Gasteiger partial charge in [-0.25, -0.2) is 0 Å². The molecule has 1 aromatic rings. The van der Waals surface area contributed by atoms with Gasteiger partial charge in [0.05, 0.1) is 6.04 Å². The van der Waals surface area contributed by atoms with E-state index >= 15 is 0 Å². The number of benzene rings is 1. The lowest BCUT2D eigenvalue weighted by Gasteiger charge is -2.39. The third-order valence-corrected chi connectivity index (χ3v) is 4.89. The van der Waals surface area contributed by atoms with E-state index in [-0.39, 0.29) is 24.4 Å². The van der Waals surface area contributed by atoms with Crippen LogP contribution in [0.25, 0.3) is 0 Å². The molecule has 0 amide bonds. The second-order valence-electron chi connectivity index (χ2n) is 6.14. The SMILES string of the molecule is C=CCN1C2CCCC1C(OC(C)=O)(c1ccccc1)C2.Cl. The molecule has 0 saturated carbocycles. The molecule has 0 aliphatic carbocycles. The number of rotatable bonds is 4. The Hall–Kier alpha value is -1.32. The molecule has 2 bridgehead atoms. The Bertz CT molecular complexity index is 533. The number of halogens is 1. The Balaban J connectivity index is 0.00000176. The Morgan fingerprint density at radius 2 is 2.14 bits per heavy atom. The molecular formula is C18H24ClNO2. The summed E-state index contributed by atoms with van der Waals surface area (Å²) in [6, 6.07) is 11.0. The summed E-state index contributed by atoms with van der Waals surface area (Å²) in [5.74, 6) is -0.190. The van der Waals surface area contributed by atoms with Crippen LogP contribution in [0.15, 0.2) is 43.0 Å². The first-order valence-corrected chi connectivity index (χ1v) is 7.79. The lowest BCUT2D eigenvalue weighted by Crippen LogP contribution is -2.47. The highest BCUT2D eigenvalue weighted by Gasteiger charge is 2.56. The fourth-order valence-electron chi connectivity index (χ4n) is 4.22.